The van der Waals surface area contributed by atoms with E-state index in [1.807, 2.05) is 0 Å². The highest BCUT2D eigenvalue weighted by atomic mass is 32.2. The maximum absolute atomic E-state index is 12.8. The van der Waals surface area contributed by atoms with Crippen LogP contribution in [0.5, 0.6) is 0 Å². The van der Waals surface area contributed by atoms with Crippen molar-refractivity contribution in [3.05, 3.63) is 45.0 Å². The molecule has 0 spiro atoms. The van der Waals surface area contributed by atoms with Crippen molar-refractivity contribution in [3.8, 4) is 0 Å². The molecule has 0 aliphatic carbocycles. The number of rotatable bonds is 4. The summed E-state index contributed by atoms with van der Waals surface area (Å²) in [4.78, 5) is 26.3. The Bertz CT molecular complexity index is 954. The molecule has 1 amide bonds. The fourth-order valence-corrected chi connectivity index (χ4v) is 5.09. The Labute approximate surface area is 147 Å². The summed E-state index contributed by atoms with van der Waals surface area (Å²) in [6.07, 6.45) is 0.416. The van der Waals surface area contributed by atoms with Crippen LogP contribution in [0.25, 0.3) is 0 Å². The summed E-state index contributed by atoms with van der Waals surface area (Å²) in [6.45, 7) is 1.72. The Morgan fingerprint density at radius 3 is 2.88 bits per heavy atom. The van der Waals surface area contributed by atoms with Crippen LogP contribution in [-0.4, -0.2) is 35.1 Å². The van der Waals surface area contributed by atoms with Gasteiger partial charge in [0.15, 0.2) is 5.13 Å². The molecule has 2 heterocycles. The van der Waals surface area contributed by atoms with Crippen LogP contribution < -0.4 is 5.32 Å². The van der Waals surface area contributed by atoms with E-state index in [-0.39, 0.29) is 29.6 Å². The number of nitrogens with zero attached hydrogens (tertiary/aromatic N) is 3. The van der Waals surface area contributed by atoms with Crippen molar-refractivity contribution in [3.63, 3.8) is 0 Å². The summed E-state index contributed by atoms with van der Waals surface area (Å²) < 4.78 is 26.8. The molecule has 0 radical (unpaired) electrons. The molecule has 3 rings (SSSR count). The Morgan fingerprint density at radius 2 is 2.20 bits per heavy atom. The molecule has 1 aliphatic heterocycles. The average molecular weight is 382 g/mol. The van der Waals surface area contributed by atoms with Gasteiger partial charge in [0.1, 0.15) is 0 Å². The van der Waals surface area contributed by atoms with E-state index < -0.39 is 14.9 Å². The van der Waals surface area contributed by atoms with Gasteiger partial charge in [-0.1, -0.05) is 6.07 Å². The van der Waals surface area contributed by atoms with E-state index in [1.54, 1.807) is 0 Å². The lowest BCUT2D eigenvalue weighted by molar-refractivity contribution is -0.385. The topological polar surface area (TPSA) is 123 Å². The minimum Gasteiger partial charge on any atom is -0.302 e. The third-order valence-electron chi connectivity index (χ3n) is 3.65. The normalized spacial score (nSPS) is 14.8. The number of fused-ring (bicyclic) bond motifs is 1. The predicted molar refractivity (Wildman–Crippen MR) is 90.8 cm³/mol. The van der Waals surface area contributed by atoms with Gasteiger partial charge in [-0.3, -0.25) is 14.9 Å². The highest BCUT2D eigenvalue weighted by Gasteiger charge is 2.31. The molecular formula is C14H14N4O5S2. The van der Waals surface area contributed by atoms with Gasteiger partial charge in [0, 0.05) is 36.9 Å². The zero-order valence-corrected chi connectivity index (χ0v) is 14.8. The maximum atomic E-state index is 12.8. The van der Waals surface area contributed by atoms with Gasteiger partial charge in [-0.15, -0.1) is 11.3 Å². The molecule has 2 aromatic rings. The first-order chi connectivity index (χ1) is 11.8. The molecule has 0 bridgehead atoms. The lowest BCUT2D eigenvalue weighted by atomic mass is 10.2. The van der Waals surface area contributed by atoms with Gasteiger partial charge in [-0.25, -0.2) is 13.4 Å². The lowest BCUT2D eigenvalue weighted by Crippen LogP contribution is -2.35. The van der Waals surface area contributed by atoms with E-state index in [2.05, 4.69) is 10.3 Å². The summed E-state index contributed by atoms with van der Waals surface area (Å²) in [5.41, 5.74) is 0.490. The number of non-ortho nitro benzene ring substituents is 1. The van der Waals surface area contributed by atoms with Gasteiger partial charge >= 0.3 is 0 Å². The highest BCUT2D eigenvalue weighted by molar-refractivity contribution is 7.89. The van der Waals surface area contributed by atoms with Crippen molar-refractivity contribution in [2.45, 2.75) is 24.8 Å². The number of nitro groups is 1. The van der Waals surface area contributed by atoms with Crippen LogP contribution in [-0.2, 0) is 27.8 Å². The smallest absolute Gasteiger partial charge is 0.270 e. The molecule has 0 saturated carbocycles. The minimum atomic E-state index is -3.85. The molecule has 25 heavy (non-hydrogen) atoms. The first-order valence-electron chi connectivity index (χ1n) is 7.28. The fourth-order valence-electron chi connectivity index (χ4n) is 2.49. The van der Waals surface area contributed by atoms with Crippen LogP contribution >= 0.6 is 11.3 Å². The van der Waals surface area contributed by atoms with Crippen LogP contribution in [0, 0.1) is 10.1 Å². The molecule has 1 N–H and O–H groups in total. The molecule has 0 unspecified atom stereocenters. The molecule has 1 aromatic carbocycles. The number of carbonyl (C=O) groups excluding carboxylic acids is 1. The Balaban J connectivity index is 1.87. The van der Waals surface area contributed by atoms with Crippen LogP contribution in [0.1, 0.15) is 17.5 Å². The molecular weight excluding hydrogens is 368 g/mol. The molecule has 0 saturated heterocycles. The number of hydrogen-bond acceptors (Lipinski definition) is 7. The number of thiazole rings is 1. The number of hydrogen-bond donors (Lipinski definition) is 1. The fraction of sp³-hybridized carbons (Fsp3) is 0.286. The maximum Gasteiger partial charge on any atom is 0.270 e. The quantitative estimate of drug-likeness (QED) is 0.635. The Hall–Kier alpha value is -2.37. The largest absolute Gasteiger partial charge is 0.302 e. The predicted octanol–water partition coefficient (Wildman–Crippen LogP) is 1.76. The molecule has 1 aliphatic rings. The second kappa shape index (κ2) is 6.50. The monoisotopic (exact) mass is 382 g/mol. The number of nitrogens with one attached hydrogen (secondary N) is 1. The number of amides is 1. The summed E-state index contributed by atoms with van der Waals surface area (Å²) >= 11 is 1.23. The van der Waals surface area contributed by atoms with E-state index >= 15 is 0 Å². The number of aromatic nitrogens is 1. The highest BCUT2D eigenvalue weighted by Crippen LogP contribution is 2.31. The van der Waals surface area contributed by atoms with Crippen molar-refractivity contribution in [2.75, 3.05) is 11.9 Å². The zero-order chi connectivity index (χ0) is 18.2. The van der Waals surface area contributed by atoms with Crippen molar-refractivity contribution >= 4 is 38.1 Å². The van der Waals surface area contributed by atoms with E-state index in [9.17, 15) is 23.3 Å². The molecule has 0 atom stereocenters. The number of sulfonamides is 1. The number of carbonyl (C=O) groups is 1. The van der Waals surface area contributed by atoms with E-state index in [1.165, 1.54) is 40.8 Å². The summed E-state index contributed by atoms with van der Waals surface area (Å²) in [5.74, 6) is -0.243. The molecule has 1 aromatic heterocycles. The second-order valence-electron chi connectivity index (χ2n) is 5.41. The van der Waals surface area contributed by atoms with E-state index in [0.29, 0.717) is 11.6 Å². The Kier molecular flexibility index (Phi) is 4.54. The third kappa shape index (κ3) is 3.52. The van der Waals surface area contributed by atoms with Crippen LogP contribution in [0.3, 0.4) is 0 Å². The van der Waals surface area contributed by atoms with Crippen LogP contribution in [0.4, 0.5) is 10.8 Å². The van der Waals surface area contributed by atoms with Gasteiger partial charge in [0.05, 0.1) is 22.1 Å². The van der Waals surface area contributed by atoms with Gasteiger partial charge in [0.25, 0.3) is 5.69 Å². The zero-order valence-electron chi connectivity index (χ0n) is 13.1. The van der Waals surface area contributed by atoms with Gasteiger partial charge in [0.2, 0.25) is 15.9 Å². The van der Waals surface area contributed by atoms with E-state index in [0.717, 1.165) is 16.6 Å². The number of benzene rings is 1. The molecule has 132 valence electrons. The van der Waals surface area contributed by atoms with Crippen molar-refractivity contribution in [1.82, 2.24) is 9.29 Å². The SMILES string of the molecule is CC(=O)Nc1nc2c(s1)CN(S(=O)(=O)c1cccc([N+](=O)[O-])c1)CC2. The molecule has 11 heteroatoms. The van der Waals surface area contributed by atoms with Crippen molar-refractivity contribution < 1.29 is 18.1 Å². The standard InChI is InChI=1S/C14H14N4O5S2/c1-9(19)15-14-16-12-5-6-17(8-13(12)24-14)25(22,23)11-4-2-3-10(7-11)18(20)21/h2-4,7H,5-6,8H2,1H3,(H,15,16,19). The van der Waals surface area contributed by atoms with Gasteiger partial charge < -0.3 is 5.32 Å². The summed E-state index contributed by atoms with van der Waals surface area (Å²) in [6, 6.07) is 4.99. The number of anilines is 1. The third-order valence-corrected chi connectivity index (χ3v) is 6.48. The van der Waals surface area contributed by atoms with E-state index in [4.69, 9.17) is 0 Å². The minimum absolute atomic E-state index is 0.114. The summed E-state index contributed by atoms with van der Waals surface area (Å²) in [5, 5.41) is 13.9. The van der Waals surface area contributed by atoms with Crippen molar-refractivity contribution in [1.29, 1.82) is 0 Å². The van der Waals surface area contributed by atoms with Crippen LogP contribution in [0.15, 0.2) is 29.2 Å². The van der Waals surface area contributed by atoms with Crippen molar-refractivity contribution in [2.24, 2.45) is 0 Å². The number of nitro benzene ring substituents is 1. The van der Waals surface area contributed by atoms with Crippen LogP contribution in [0.2, 0.25) is 0 Å². The second-order valence-corrected chi connectivity index (χ2v) is 8.43. The molecule has 0 fully saturated rings. The van der Waals surface area contributed by atoms with Gasteiger partial charge in [-0.2, -0.15) is 4.31 Å². The Morgan fingerprint density at radius 1 is 1.44 bits per heavy atom. The first-order valence-corrected chi connectivity index (χ1v) is 9.54. The average Bonchev–Trinajstić information content (AvgIpc) is 2.95. The lowest BCUT2D eigenvalue weighted by Gasteiger charge is -2.25. The molecule has 9 nitrogen and oxygen atoms in total. The van der Waals surface area contributed by atoms with Gasteiger partial charge in [-0.05, 0) is 6.07 Å². The first kappa shape index (κ1) is 17.5. The summed E-state index contributed by atoms with van der Waals surface area (Å²) in [7, 11) is -3.85.